The number of carbonyl (C=O) groups is 2. The maximum Gasteiger partial charge on any atom is 0.407 e. The summed E-state index contributed by atoms with van der Waals surface area (Å²) in [6.07, 6.45) is 5.40. The quantitative estimate of drug-likeness (QED) is 0.780. The highest BCUT2D eigenvalue weighted by Crippen LogP contribution is 2.26. The number of alkyl carbamates (subject to hydrolysis) is 1. The largest absolute Gasteiger partial charge is 0.444 e. The first kappa shape index (κ1) is 21.8. The number of nitrogens with zero attached hydrogens (tertiary/aromatic N) is 2. The van der Waals surface area contributed by atoms with E-state index in [1.54, 1.807) is 45.0 Å². The predicted octanol–water partition coefficient (Wildman–Crippen LogP) is 3.46. The Bertz CT molecular complexity index is 971. The van der Waals surface area contributed by atoms with Crippen LogP contribution < -0.4 is 16.3 Å². The zero-order valence-corrected chi connectivity index (χ0v) is 17.9. The normalized spacial score (nSPS) is 15.0. The molecule has 1 aromatic carbocycles. The second-order valence-corrected chi connectivity index (χ2v) is 8.81. The lowest BCUT2D eigenvalue weighted by Gasteiger charge is -2.21. The van der Waals surface area contributed by atoms with Crippen LogP contribution in [0.3, 0.4) is 0 Å². The minimum atomic E-state index is -0.620. The number of fused-ring (bicyclic) bond motifs is 1. The van der Waals surface area contributed by atoms with E-state index < -0.39 is 17.3 Å². The molecular weight excluding hydrogens is 384 g/mol. The maximum atomic E-state index is 12.8. The Hall–Kier alpha value is -2.90. The number of benzene rings is 1. The van der Waals surface area contributed by atoms with Gasteiger partial charge in [0.05, 0.1) is 17.6 Å². The number of rotatable bonds is 5. The molecule has 30 heavy (non-hydrogen) atoms. The lowest BCUT2D eigenvalue weighted by atomic mass is 9.87. The molecule has 8 nitrogen and oxygen atoms in total. The van der Waals surface area contributed by atoms with Crippen LogP contribution in [0, 0.1) is 5.92 Å². The summed E-state index contributed by atoms with van der Waals surface area (Å²) in [4.78, 5) is 38.3. The zero-order valence-electron chi connectivity index (χ0n) is 17.9. The smallest absolute Gasteiger partial charge is 0.407 e. The van der Waals surface area contributed by atoms with Crippen molar-refractivity contribution in [1.82, 2.24) is 15.2 Å². The number of aromatic nitrogens is 2. The van der Waals surface area contributed by atoms with Crippen LogP contribution in [0.25, 0.3) is 10.8 Å². The van der Waals surface area contributed by atoms with Crippen molar-refractivity contribution < 1.29 is 14.3 Å². The van der Waals surface area contributed by atoms with Gasteiger partial charge >= 0.3 is 6.09 Å². The molecule has 1 heterocycles. The van der Waals surface area contributed by atoms with E-state index in [2.05, 4.69) is 15.8 Å². The number of amides is 2. The van der Waals surface area contributed by atoms with E-state index in [4.69, 9.17) is 4.74 Å². The fourth-order valence-electron chi connectivity index (χ4n) is 3.75. The molecule has 8 heteroatoms. The SMILES string of the molecule is CC(C)(C)OC(=O)NCc1nn(NC(=O)CC2CCCCC2)c(=O)c2ccccc12. The highest BCUT2D eigenvalue weighted by Gasteiger charge is 2.20. The van der Waals surface area contributed by atoms with Gasteiger partial charge in [0, 0.05) is 11.8 Å². The summed E-state index contributed by atoms with van der Waals surface area (Å²) in [6.45, 7) is 5.40. The summed E-state index contributed by atoms with van der Waals surface area (Å²) >= 11 is 0. The van der Waals surface area contributed by atoms with Crippen molar-refractivity contribution in [2.24, 2.45) is 5.92 Å². The van der Waals surface area contributed by atoms with Crippen LogP contribution in [0.5, 0.6) is 0 Å². The van der Waals surface area contributed by atoms with E-state index >= 15 is 0 Å². The molecule has 0 aliphatic heterocycles. The lowest BCUT2D eigenvalue weighted by molar-refractivity contribution is -0.118. The van der Waals surface area contributed by atoms with Crippen LogP contribution in [-0.4, -0.2) is 27.5 Å². The average Bonchev–Trinajstić information content (AvgIpc) is 2.68. The first-order valence-corrected chi connectivity index (χ1v) is 10.5. The minimum absolute atomic E-state index is 0.0637. The van der Waals surface area contributed by atoms with E-state index in [9.17, 15) is 14.4 Å². The highest BCUT2D eigenvalue weighted by atomic mass is 16.6. The Labute approximate surface area is 176 Å². The van der Waals surface area contributed by atoms with Gasteiger partial charge in [-0.3, -0.25) is 9.59 Å². The molecule has 0 atom stereocenters. The maximum absolute atomic E-state index is 12.8. The van der Waals surface area contributed by atoms with Gasteiger partial charge < -0.3 is 10.1 Å². The highest BCUT2D eigenvalue weighted by molar-refractivity contribution is 5.86. The van der Waals surface area contributed by atoms with Gasteiger partial charge in [-0.1, -0.05) is 37.5 Å². The molecule has 1 aromatic heterocycles. The Kier molecular flexibility index (Phi) is 6.74. The molecule has 0 radical (unpaired) electrons. The molecule has 0 saturated heterocycles. The molecule has 3 rings (SSSR count). The van der Waals surface area contributed by atoms with Gasteiger partial charge in [-0.25, -0.2) is 10.2 Å². The summed E-state index contributed by atoms with van der Waals surface area (Å²) in [5.74, 6) is 0.126. The summed E-state index contributed by atoms with van der Waals surface area (Å²) < 4.78 is 5.26. The van der Waals surface area contributed by atoms with Crippen LogP contribution in [0.2, 0.25) is 0 Å². The van der Waals surface area contributed by atoms with Crippen molar-refractivity contribution in [2.75, 3.05) is 5.43 Å². The molecule has 2 N–H and O–H groups in total. The van der Waals surface area contributed by atoms with E-state index in [1.807, 2.05) is 0 Å². The summed E-state index contributed by atoms with van der Waals surface area (Å²) in [6, 6.07) is 7.00. The third kappa shape index (κ3) is 5.81. The van der Waals surface area contributed by atoms with Crippen molar-refractivity contribution in [2.45, 2.75) is 71.4 Å². The van der Waals surface area contributed by atoms with Gasteiger partial charge in [0.25, 0.3) is 5.56 Å². The van der Waals surface area contributed by atoms with Crippen LogP contribution in [0.4, 0.5) is 4.79 Å². The Morgan fingerprint density at radius 3 is 2.47 bits per heavy atom. The number of hydrogen-bond donors (Lipinski definition) is 2. The topological polar surface area (TPSA) is 102 Å². The van der Waals surface area contributed by atoms with Gasteiger partial charge in [-0.2, -0.15) is 5.10 Å². The molecule has 0 spiro atoms. The molecule has 0 bridgehead atoms. The summed E-state index contributed by atoms with van der Waals surface area (Å²) in [7, 11) is 0. The number of ether oxygens (including phenoxy) is 1. The van der Waals surface area contributed by atoms with Crippen LogP contribution >= 0.6 is 0 Å². The van der Waals surface area contributed by atoms with E-state index in [0.717, 1.165) is 30.5 Å². The van der Waals surface area contributed by atoms with Gasteiger partial charge in [-0.05, 0) is 45.6 Å². The average molecular weight is 415 g/mol. The molecular formula is C22H30N4O4. The van der Waals surface area contributed by atoms with E-state index in [0.29, 0.717) is 28.8 Å². The molecule has 2 amide bonds. The monoisotopic (exact) mass is 414 g/mol. The van der Waals surface area contributed by atoms with Crippen molar-refractivity contribution >= 4 is 22.8 Å². The van der Waals surface area contributed by atoms with E-state index in [-0.39, 0.29) is 12.5 Å². The molecule has 1 aliphatic carbocycles. The summed E-state index contributed by atoms with van der Waals surface area (Å²) in [5.41, 5.74) is 2.07. The molecule has 1 aliphatic rings. The number of hydrogen-bond acceptors (Lipinski definition) is 5. The first-order chi connectivity index (χ1) is 14.2. The van der Waals surface area contributed by atoms with Gasteiger partial charge in [0.1, 0.15) is 5.60 Å². The van der Waals surface area contributed by atoms with Gasteiger partial charge in [-0.15, -0.1) is 4.79 Å². The second kappa shape index (κ2) is 9.28. The third-order valence-corrected chi connectivity index (χ3v) is 5.11. The molecule has 1 saturated carbocycles. The van der Waals surface area contributed by atoms with Crippen molar-refractivity contribution in [1.29, 1.82) is 0 Å². The fraction of sp³-hybridized carbons (Fsp3) is 0.545. The molecule has 1 fully saturated rings. The van der Waals surface area contributed by atoms with Gasteiger partial charge in [0.2, 0.25) is 5.91 Å². The van der Waals surface area contributed by atoms with Gasteiger partial charge in [0.15, 0.2) is 0 Å². The van der Waals surface area contributed by atoms with Crippen molar-refractivity contribution in [3.05, 3.63) is 40.3 Å². The van der Waals surface area contributed by atoms with Crippen molar-refractivity contribution in [3.63, 3.8) is 0 Å². The Morgan fingerprint density at radius 1 is 1.13 bits per heavy atom. The molecule has 2 aromatic rings. The lowest BCUT2D eigenvalue weighted by Crippen LogP contribution is -2.38. The fourth-order valence-corrected chi connectivity index (χ4v) is 3.75. The second-order valence-electron chi connectivity index (χ2n) is 8.81. The van der Waals surface area contributed by atoms with Crippen LogP contribution in [-0.2, 0) is 16.1 Å². The van der Waals surface area contributed by atoms with E-state index in [1.165, 1.54) is 6.42 Å². The first-order valence-electron chi connectivity index (χ1n) is 10.5. The summed E-state index contributed by atoms with van der Waals surface area (Å²) in [5, 5.41) is 8.01. The molecule has 162 valence electrons. The number of nitrogens with one attached hydrogen (secondary N) is 2. The Morgan fingerprint density at radius 2 is 1.80 bits per heavy atom. The standard InChI is InChI=1S/C22H30N4O4/c1-22(2,3)30-21(29)23-14-18-16-11-7-8-12-17(16)20(28)26(24-18)25-19(27)13-15-9-5-4-6-10-15/h7-8,11-12,15H,4-6,9-10,13-14H2,1-3H3,(H,23,29)(H,25,27). The zero-order chi connectivity index (χ0) is 21.7. The minimum Gasteiger partial charge on any atom is -0.444 e. The van der Waals surface area contributed by atoms with Crippen LogP contribution in [0.15, 0.2) is 29.1 Å². The number of carbonyl (C=O) groups excluding carboxylic acids is 2. The third-order valence-electron chi connectivity index (χ3n) is 5.11. The Balaban J connectivity index is 1.79. The van der Waals surface area contributed by atoms with Crippen molar-refractivity contribution in [3.8, 4) is 0 Å². The van der Waals surface area contributed by atoms with Crippen LogP contribution in [0.1, 0.15) is 65.0 Å². The molecule has 0 unspecified atom stereocenters. The predicted molar refractivity (Wildman–Crippen MR) is 115 cm³/mol.